The summed E-state index contributed by atoms with van der Waals surface area (Å²) in [4.78, 5) is 37.9. The fourth-order valence-corrected chi connectivity index (χ4v) is 5.85. The van der Waals surface area contributed by atoms with Crippen molar-refractivity contribution in [3.05, 3.63) is 70.5 Å². The fraction of sp³-hybridized carbons (Fsp3) is 0.269. The van der Waals surface area contributed by atoms with Crippen molar-refractivity contribution in [2.45, 2.75) is 31.0 Å². The highest BCUT2D eigenvalue weighted by Gasteiger charge is 2.64. The Bertz CT molecular complexity index is 1380. The number of aromatic hydroxyl groups is 1. The second kappa shape index (κ2) is 7.53. The van der Waals surface area contributed by atoms with Gasteiger partial charge in [0, 0.05) is 29.4 Å². The van der Waals surface area contributed by atoms with Gasteiger partial charge in [-0.05, 0) is 17.0 Å². The van der Waals surface area contributed by atoms with Crippen molar-refractivity contribution in [1.29, 1.82) is 0 Å². The SMILES string of the molecule is CC1c2ccc(-c3ccccc3)c(O)c2C(O)=C2C(=O)C3(O)C(O)=C(C(N)=O)C(=O)CC3C(O)C21. The fourth-order valence-electron chi connectivity index (χ4n) is 5.85. The molecule has 5 unspecified atom stereocenters. The van der Waals surface area contributed by atoms with Crippen LogP contribution in [0.2, 0.25) is 0 Å². The van der Waals surface area contributed by atoms with Gasteiger partial charge >= 0.3 is 0 Å². The Morgan fingerprint density at radius 2 is 1.71 bits per heavy atom. The number of carbonyl (C=O) groups excluding carboxylic acids is 3. The highest BCUT2D eigenvalue weighted by Crippen LogP contribution is 2.56. The van der Waals surface area contributed by atoms with Gasteiger partial charge in [0.15, 0.2) is 11.4 Å². The number of primary amides is 1. The Balaban J connectivity index is 1.76. The minimum atomic E-state index is -2.85. The Morgan fingerprint density at radius 1 is 1.06 bits per heavy atom. The molecule has 1 amide bonds. The molecule has 1 saturated carbocycles. The highest BCUT2D eigenvalue weighted by molar-refractivity contribution is 6.23. The zero-order valence-electron chi connectivity index (χ0n) is 18.6. The molecule has 0 heterocycles. The third-order valence-electron chi connectivity index (χ3n) is 7.59. The third kappa shape index (κ3) is 2.85. The van der Waals surface area contributed by atoms with Gasteiger partial charge in [-0.2, -0.15) is 0 Å². The van der Waals surface area contributed by atoms with Gasteiger partial charge in [0.1, 0.15) is 22.8 Å². The average Bonchev–Trinajstić information content (AvgIpc) is 2.82. The van der Waals surface area contributed by atoms with Crippen LogP contribution in [0.25, 0.3) is 16.9 Å². The van der Waals surface area contributed by atoms with Crippen LogP contribution >= 0.6 is 0 Å². The number of rotatable bonds is 2. The summed E-state index contributed by atoms with van der Waals surface area (Å²) in [7, 11) is 0. The van der Waals surface area contributed by atoms with Crippen molar-refractivity contribution in [3.63, 3.8) is 0 Å². The summed E-state index contributed by atoms with van der Waals surface area (Å²) >= 11 is 0. The van der Waals surface area contributed by atoms with E-state index in [-0.39, 0.29) is 11.3 Å². The molecule has 5 atom stereocenters. The van der Waals surface area contributed by atoms with Crippen molar-refractivity contribution in [1.82, 2.24) is 0 Å². The van der Waals surface area contributed by atoms with Gasteiger partial charge in [0.2, 0.25) is 5.78 Å². The topological polar surface area (TPSA) is 178 Å². The number of carbonyl (C=O) groups is 3. The molecule has 9 nitrogen and oxygen atoms in total. The van der Waals surface area contributed by atoms with Crippen LogP contribution in [0.4, 0.5) is 0 Å². The smallest absolute Gasteiger partial charge is 0.255 e. The normalized spacial score (nSPS) is 30.0. The summed E-state index contributed by atoms with van der Waals surface area (Å²) < 4.78 is 0. The molecule has 0 spiro atoms. The van der Waals surface area contributed by atoms with Crippen molar-refractivity contribution < 1.29 is 39.9 Å². The Hall–Kier alpha value is -3.95. The van der Waals surface area contributed by atoms with Gasteiger partial charge in [0.05, 0.1) is 11.7 Å². The maximum absolute atomic E-state index is 13.7. The highest BCUT2D eigenvalue weighted by atomic mass is 16.4. The Kier molecular flexibility index (Phi) is 4.91. The van der Waals surface area contributed by atoms with E-state index in [4.69, 9.17) is 5.73 Å². The molecule has 0 aliphatic heterocycles. The van der Waals surface area contributed by atoms with E-state index in [1.54, 1.807) is 49.4 Å². The van der Waals surface area contributed by atoms with Gasteiger partial charge < -0.3 is 31.3 Å². The molecule has 35 heavy (non-hydrogen) atoms. The summed E-state index contributed by atoms with van der Waals surface area (Å²) in [5, 5.41) is 55.6. The molecule has 2 aromatic carbocycles. The molecular formula is C26H23NO8. The number of hydrogen-bond donors (Lipinski definition) is 6. The number of hydrogen-bond acceptors (Lipinski definition) is 8. The number of phenols is 1. The number of amides is 1. The summed E-state index contributed by atoms with van der Waals surface area (Å²) in [6, 6.07) is 12.2. The van der Waals surface area contributed by atoms with Crippen molar-refractivity contribution >= 4 is 23.2 Å². The monoisotopic (exact) mass is 477 g/mol. The molecular weight excluding hydrogens is 454 g/mol. The van der Waals surface area contributed by atoms with E-state index >= 15 is 0 Å². The average molecular weight is 477 g/mol. The standard InChI is InChI=1S/C26H23NO8/c1-10-12-7-8-13(11-5-3-2-4-6-11)20(29)17(12)22(31)19-16(10)21(30)14-9-15(28)18(25(27)34)23(32)26(14,35)24(19)33/h2-8,10,14,16,21,29-32,35H,9H2,1H3,(H2,27,34). The molecule has 0 bridgehead atoms. The number of nitrogens with two attached hydrogens (primary N) is 1. The van der Waals surface area contributed by atoms with Crippen LogP contribution in [0.1, 0.15) is 30.4 Å². The zero-order valence-corrected chi connectivity index (χ0v) is 18.6. The molecule has 0 radical (unpaired) electrons. The van der Waals surface area contributed by atoms with Gasteiger partial charge in [-0.15, -0.1) is 0 Å². The second-order valence-electron chi connectivity index (χ2n) is 9.28. The molecule has 9 heteroatoms. The number of benzene rings is 2. The van der Waals surface area contributed by atoms with Gasteiger partial charge in [-0.1, -0.05) is 49.4 Å². The number of Topliss-reactive ketones (excluding diaryl/α,β-unsaturated/α-hetero) is 2. The second-order valence-corrected chi connectivity index (χ2v) is 9.28. The Morgan fingerprint density at radius 3 is 2.34 bits per heavy atom. The molecule has 0 aromatic heterocycles. The molecule has 180 valence electrons. The maximum atomic E-state index is 13.7. The minimum Gasteiger partial charge on any atom is -0.508 e. The van der Waals surface area contributed by atoms with Gasteiger partial charge in [-0.25, -0.2) is 0 Å². The first-order chi connectivity index (χ1) is 16.5. The van der Waals surface area contributed by atoms with Crippen molar-refractivity contribution in [2.75, 3.05) is 0 Å². The van der Waals surface area contributed by atoms with Gasteiger partial charge in [-0.3, -0.25) is 14.4 Å². The van der Waals surface area contributed by atoms with E-state index in [1.807, 2.05) is 0 Å². The van der Waals surface area contributed by atoms with Crippen LogP contribution in [0.15, 0.2) is 59.4 Å². The number of aliphatic hydroxyl groups is 4. The molecule has 1 fully saturated rings. The summed E-state index contributed by atoms with van der Waals surface area (Å²) in [6.07, 6.45) is -2.15. The van der Waals surface area contributed by atoms with Crippen LogP contribution in [0.3, 0.4) is 0 Å². The summed E-state index contributed by atoms with van der Waals surface area (Å²) in [5.41, 5.74) is 2.51. The van der Waals surface area contributed by atoms with Crippen LogP contribution in [-0.4, -0.2) is 54.7 Å². The maximum Gasteiger partial charge on any atom is 0.255 e. The lowest BCUT2D eigenvalue weighted by Gasteiger charge is -2.50. The Labute approximate surface area is 199 Å². The van der Waals surface area contributed by atoms with Crippen molar-refractivity contribution in [3.8, 4) is 16.9 Å². The summed E-state index contributed by atoms with van der Waals surface area (Å²) in [6.45, 7) is 1.69. The molecule has 3 aliphatic carbocycles. The quantitative estimate of drug-likeness (QED) is 0.353. The number of aliphatic hydroxyl groups excluding tert-OH is 3. The van der Waals surface area contributed by atoms with E-state index in [1.165, 1.54) is 0 Å². The van der Waals surface area contributed by atoms with E-state index in [0.717, 1.165) is 0 Å². The molecule has 5 rings (SSSR count). The predicted molar refractivity (Wildman–Crippen MR) is 123 cm³/mol. The number of phenolic OH excluding ortho intramolecular Hbond substituents is 1. The van der Waals surface area contributed by atoms with Gasteiger partial charge in [0.25, 0.3) is 5.91 Å². The first kappa shape index (κ1) is 22.8. The molecule has 2 aromatic rings. The first-order valence-corrected chi connectivity index (χ1v) is 11.1. The lowest BCUT2D eigenvalue weighted by atomic mass is 9.55. The lowest BCUT2D eigenvalue weighted by Crippen LogP contribution is -2.63. The van der Waals surface area contributed by atoms with Crippen LogP contribution in [0.5, 0.6) is 5.75 Å². The molecule has 7 N–H and O–H groups in total. The van der Waals surface area contributed by atoms with E-state index in [0.29, 0.717) is 16.7 Å². The third-order valence-corrected chi connectivity index (χ3v) is 7.59. The van der Waals surface area contributed by atoms with E-state index in [2.05, 4.69) is 0 Å². The van der Waals surface area contributed by atoms with Crippen molar-refractivity contribution in [2.24, 2.45) is 17.6 Å². The number of ketones is 2. The first-order valence-electron chi connectivity index (χ1n) is 11.1. The number of fused-ring (bicyclic) bond motifs is 3. The van der Waals surface area contributed by atoms with Crippen LogP contribution in [0, 0.1) is 11.8 Å². The predicted octanol–water partition coefficient (Wildman–Crippen LogP) is 1.62. The van der Waals surface area contributed by atoms with E-state index in [9.17, 15) is 39.9 Å². The molecule has 3 aliphatic rings. The minimum absolute atomic E-state index is 0.0295. The van der Waals surface area contributed by atoms with Crippen LogP contribution < -0.4 is 5.73 Å². The summed E-state index contributed by atoms with van der Waals surface area (Å²) in [5.74, 6) is -8.70. The molecule has 0 saturated heterocycles. The lowest BCUT2D eigenvalue weighted by molar-refractivity contribution is -0.160. The van der Waals surface area contributed by atoms with E-state index < -0.39 is 76.0 Å². The van der Waals surface area contributed by atoms with Crippen LogP contribution in [-0.2, 0) is 14.4 Å². The largest absolute Gasteiger partial charge is 0.508 e. The zero-order chi connectivity index (χ0) is 25.4.